The summed E-state index contributed by atoms with van der Waals surface area (Å²) in [6.45, 7) is 0.860. The number of nitrogens with zero attached hydrogens (tertiary/aromatic N) is 1. The number of hydrogen-bond donors (Lipinski definition) is 4. The molecular weight excluding hydrogens is 263 g/mol. The van der Waals surface area contributed by atoms with Crippen LogP contribution < -0.4 is 16.4 Å². The number of nitrogens with two attached hydrogens (primary N) is 1. The molecule has 1 amide bonds. The maximum Gasteiger partial charge on any atom is 0.220 e. The van der Waals surface area contributed by atoms with E-state index in [9.17, 15) is 9.18 Å². The van der Waals surface area contributed by atoms with E-state index in [1.54, 1.807) is 12.1 Å². The molecule has 7 heteroatoms. The van der Waals surface area contributed by atoms with Gasteiger partial charge in [-0.15, -0.1) is 0 Å². The van der Waals surface area contributed by atoms with Crippen LogP contribution in [0.4, 0.5) is 4.39 Å². The molecule has 1 atom stereocenters. The number of rotatable bonds is 4. The zero-order chi connectivity index (χ0) is 14.5. The van der Waals surface area contributed by atoms with Gasteiger partial charge in [-0.1, -0.05) is 17.3 Å². The van der Waals surface area contributed by atoms with E-state index >= 15 is 0 Å². The molecule has 0 aromatic heterocycles. The quantitative estimate of drug-likeness (QED) is 0.276. The van der Waals surface area contributed by atoms with Crippen LogP contribution in [-0.2, 0) is 11.3 Å². The Kier molecular flexibility index (Phi) is 4.52. The van der Waals surface area contributed by atoms with Crippen LogP contribution in [0.5, 0.6) is 0 Å². The third kappa shape index (κ3) is 3.24. The van der Waals surface area contributed by atoms with Gasteiger partial charge in [0, 0.05) is 31.1 Å². The van der Waals surface area contributed by atoms with Gasteiger partial charge < -0.3 is 21.6 Å². The number of amidine groups is 1. The third-order valence-corrected chi connectivity index (χ3v) is 3.31. The molecule has 0 aliphatic carbocycles. The number of halogens is 1. The molecular formula is C13H17FN4O2. The number of benzene rings is 1. The minimum atomic E-state index is -0.504. The van der Waals surface area contributed by atoms with E-state index in [0.717, 1.165) is 6.42 Å². The monoisotopic (exact) mass is 280 g/mol. The fraction of sp³-hybridized carbons (Fsp3) is 0.385. The van der Waals surface area contributed by atoms with Crippen molar-refractivity contribution in [3.63, 3.8) is 0 Å². The highest BCUT2D eigenvalue weighted by molar-refractivity contribution is 5.97. The van der Waals surface area contributed by atoms with Crippen molar-refractivity contribution in [2.24, 2.45) is 10.9 Å². The number of piperidine rings is 1. The molecule has 6 nitrogen and oxygen atoms in total. The second-order valence-electron chi connectivity index (χ2n) is 4.68. The number of oxime groups is 1. The molecule has 0 radical (unpaired) electrons. The predicted octanol–water partition coefficient (Wildman–Crippen LogP) is 0.288. The summed E-state index contributed by atoms with van der Waals surface area (Å²) in [5.74, 6) is -0.715. The minimum Gasteiger partial charge on any atom is -0.409 e. The normalized spacial score (nSPS) is 19.8. The number of hydrogen-bond acceptors (Lipinski definition) is 4. The second-order valence-corrected chi connectivity index (χ2v) is 4.68. The fourth-order valence-electron chi connectivity index (χ4n) is 2.13. The van der Waals surface area contributed by atoms with Gasteiger partial charge in [0.1, 0.15) is 5.82 Å². The van der Waals surface area contributed by atoms with E-state index in [1.165, 1.54) is 6.07 Å². The van der Waals surface area contributed by atoms with Crippen LogP contribution in [0.15, 0.2) is 23.4 Å². The summed E-state index contributed by atoms with van der Waals surface area (Å²) in [7, 11) is 0. The molecule has 2 rings (SSSR count). The molecule has 1 aromatic carbocycles. The Morgan fingerprint density at radius 1 is 1.60 bits per heavy atom. The first-order valence-corrected chi connectivity index (χ1v) is 6.37. The molecule has 1 aliphatic heterocycles. The van der Waals surface area contributed by atoms with Crippen LogP contribution in [0.25, 0.3) is 0 Å². The predicted molar refractivity (Wildman–Crippen MR) is 71.8 cm³/mol. The summed E-state index contributed by atoms with van der Waals surface area (Å²) < 4.78 is 14.1. The average molecular weight is 280 g/mol. The van der Waals surface area contributed by atoms with Crippen molar-refractivity contribution < 1.29 is 14.4 Å². The van der Waals surface area contributed by atoms with Gasteiger partial charge in [-0.25, -0.2) is 4.39 Å². The Hall–Kier alpha value is -2.15. The molecule has 0 saturated carbocycles. The summed E-state index contributed by atoms with van der Waals surface area (Å²) in [4.78, 5) is 11.0. The summed E-state index contributed by atoms with van der Waals surface area (Å²) >= 11 is 0. The zero-order valence-electron chi connectivity index (χ0n) is 10.9. The van der Waals surface area contributed by atoms with Crippen LogP contribution in [0.1, 0.15) is 24.0 Å². The lowest BCUT2D eigenvalue weighted by molar-refractivity contribution is -0.122. The minimum absolute atomic E-state index is 0.0446. The smallest absolute Gasteiger partial charge is 0.220 e. The second kappa shape index (κ2) is 6.33. The highest BCUT2D eigenvalue weighted by Gasteiger charge is 2.18. The molecule has 0 bridgehead atoms. The topological polar surface area (TPSA) is 99.7 Å². The summed E-state index contributed by atoms with van der Waals surface area (Å²) in [5.41, 5.74) is 5.92. The first kappa shape index (κ1) is 14.3. The number of nitrogens with one attached hydrogen (secondary N) is 2. The highest BCUT2D eigenvalue weighted by atomic mass is 19.1. The molecule has 0 spiro atoms. The van der Waals surface area contributed by atoms with Crippen LogP contribution in [-0.4, -0.2) is 29.5 Å². The maximum absolute atomic E-state index is 14.1. The van der Waals surface area contributed by atoms with Crippen molar-refractivity contribution in [3.8, 4) is 0 Å². The Morgan fingerprint density at radius 2 is 2.40 bits per heavy atom. The third-order valence-electron chi connectivity index (χ3n) is 3.31. The van der Waals surface area contributed by atoms with Gasteiger partial charge in [0.05, 0.1) is 5.56 Å². The lowest BCUT2D eigenvalue weighted by atomic mass is 10.1. The van der Waals surface area contributed by atoms with Gasteiger partial charge in [-0.05, 0) is 12.5 Å². The van der Waals surface area contributed by atoms with Gasteiger partial charge >= 0.3 is 0 Å². The summed E-state index contributed by atoms with van der Waals surface area (Å²) in [5, 5.41) is 17.3. The van der Waals surface area contributed by atoms with Crippen molar-refractivity contribution in [1.29, 1.82) is 0 Å². The number of carbonyl (C=O) groups is 1. The molecule has 1 heterocycles. The van der Waals surface area contributed by atoms with Crippen molar-refractivity contribution >= 4 is 11.7 Å². The average Bonchev–Trinajstić information content (AvgIpc) is 2.47. The van der Waals surface area contributed by atoms with Gasteiger partial charge in [0.2, 0.25) is 5.91 Å². The van der Waals surface area contributed by atoms with Crippen molar-refractivity contribution in [2.75, 3.05) is 6.54 Å². The summed E-state index contributed by atoms with van der Waals surface area (Å²) in [6.07, 6.45) is 1.21. The number of amides is 1. The Bertz CT molecular complexity index is 523. The van der Waals surface area contributed by atoms with E-state index in [4.69, 9.17) is 10.9 Å². The molecule has 108 valence electrons. The van der Waals surface area contributed by atoms with Gasteiger partial charge in [-0.3, -0.25) is 4.79 Å². The molecule has 20 heavy (non-hydrogen) atoms. The SMILES string of the molecule is N/C(=N/O)c1cccc(CNC2CCC(=O)NC2)c1F. The van der Waals surface area contributed by atoms with Crippen LogP contribution in [0, 0.1) is 5.82 Å². The van der Waals surface area contributed by atoms with E-state index in [1.807, 2.05) is 0 Å². The first-order valence-electron chi connectivity index (χ1n) is 6.37. The fourth-order valence-corrected chi connectivity index (χ4v) is 2.13. The number of carbonyl (C=O) groups excluding carboxylic acids is 1. The standard InChI is InChI=1S/C13H17FN4O2/c14-12-8(2-1-3-10(12)13(15)18-20)6-16-9-4-5-11(19)17-7-9/h1-3,9,16,20H,4-7H2,(H2,15,18)(H,17,19). The van der Waals surface area contributed by atoms with Crippen molar-refractivity contribution in [3.05, 3.63) is 35.1 Å². The van der Waals surface area contributed by atoms with E-state index < -0.39 is 5.82 Å². The Balaban J connectivity index is 2.01. The molecule has 1 aliphatic rings. The first-order chi connectivity index (χ1) is 9.61. The van der Waals surface area contributed by atoms with E-state index in [0.29, 0.717) is 25.1 Å². The van der Waals surface area contributed by atoms with Crippen molar-refractivity contribution in [1.82, 2.24) is 10.6 Å². The largest absolute Gasteiger partial charge is 0.409 e. The molecule has 1 unspecified atom stereocenters. The zero-order valence-corrected chi connectivity index (χ0v) is 10.9. The van der Waals surface area contributed by atoms with Crippen LogP contribution in [0.2, 0.25) is 0 Å². The lowest BCUT2D eigenvalue weighted by Crippen LogP contribution is -2.45. The highest BCUT2D eigenvalue weighted by Crippen LogP contribution is 2.13. The van der Waals surface area contributed by atoms with E-state index in [2.05, 4.69) is 15.8 Å². The van der Waals surface area contributed by atoms with Crippen molar-refractivity contribution in [2.45, 2.75) is 25.4 Å². The van der Waals surface area contributed by atoms with Crippen LogP contribution >= 0.6 is 0 Å². The molecule has 1 aromatic rings. The Labute approximate surface area is 115 Å². The summed E-state index contributed by atoms with van der Waals surface area (Å²) in [6, 6.07) is 4.86. The lowest BCUT2D eigenvalue weighted by Gasteiger charge is -2.23. The molecule has 5 N–H and O–H groups in total. The van der Waals surface area contributed by atoms with Gasteiger partial charge in [0.25, 0.3) is 0 Å². The molecule has 1 saturated heterocycles. The molecule has 1 fully saturated rings. The van der Waals surface area contributed by atoms with Crippen LogP contribution in [0.3, 0.4) is 0 Å². The Morgan fingerprint density at radius 3 is 3.05 bits per heavy atom. The van der Waals surface area contributed by atoms with Gasteiger partial charge in [0.15, 0.2) is 5.84 Å². The van der Waals surface area contributed by atoms with E-state index in [-0.39, 0.29) is 23.3 Å². The maximum atomic E-state index is 14.1. The van der Waals surface area contributed by atoms with Gasteiger partial charge in [-0.2, -0.15) is 0 Å².